The van der Waals surface area contributed by atoms with Gasteiger partial charge in [-0.15, -0.1) is 0 Å². The number of aromatic nitrogens is 2. The van der Waals surface area contributed by atoms with Gasteiger partial charge in [-0.1, -0.05) is 0 Å². The number of methoxy groups -OCH3 is 2. The van der Waals surface area contributed by atoms with Crippen LogP contribution in [0.15, 0.2) is 4.99 Å². The van der Waals surface area contributed by atoms with Gasteiger partial charge in [0.2, 0.25) is 5.88 Å². The summed E-state index contributed by atoms with van der Waals surface area (Å²) >= 11 is 0. The number of rotatable bonds is 2. The van der Waals surface area contributed by atoms with Gasteiger partial charge in [-0.25, -0.2) is 4.99 Å². The van der Waals surface area contributed by atoms with Crippen molar-refractivity contribution in [2.24, 2.45) is 4.99 Å². The minimum atomic E-state index is 0.287. The third-order valence-electron chi connectivity index (χ3n) is 1.81. The van der Waals surface area contributed by atoms with Crippen LogP contribution in [-0.4, -0.2) is 30.4 Å². The number of nitrogens with zero attached hydrogens (tertiary/aromatic N) is 3. The van der Waals surface area contributed by atoms with Gasteiger partial charge < -0.3 is 9.47 Å². The Bertz CT molecular complexity index is 363. The van der Waals surface area contributed by atoms with E-state index in [1.807, 2.05) is 0 Å². The normalized spacial score (nSPS) is 12.8. The molecule has 1 aliphatic heterocycles. The fraction of sp³-hybridized carbons (Fsp3) is 0.375. The molecular formula is C8H9N3O2. The number of hydrogen-bond donors (Lipinski definition) is 0. The average molecular weight is 179 g/mol. The zero-order chi connectivity index (χ0) is 9.26. The fourth-order valence-electron chi connectivity index (χ4n) is 1.20. The molecule has 5 nitrogen and oxygen atoms in total. The monoisotopic (exact) mass is 179 g/mol. The summed E-state index contributed by atoms with van der Waals surface area (Å²) in [5.74, 6) is 1.18. The maximum atomic E-state index is 5.09. The Morgan fingerprint density at radius 3 is 2.77 bits per heavy atom. The summed E-state index contributed by atoms with van der Waals surface area (Å²) in [6.07, 6.45) is 2.50. The summed E-state index contributed by atoms with van der Waals surface area (Å²) in [5.41, 5.74) is 0.920. The Balaban J connectivity index is 2.53. The Hall–Kier alpha value is -1.65. The molecule has 0 saturated carbocycles. The van der Waals surface area contributed by atoms with Gasteiger partial charge in [0.15, 0.2) is 5.82 Å². The lowest BCUT2D eigenvalue weighted by molar-refractivity contribution is 0.351. The predicted octanol–water partition coefficient (Wildman–Crippen LogP) is 0.752. The fourth-order valence-corrected chi connectivity index (χ4v) is 1.20. The van der Waals surface area contributed by atoms with E-state index in [9.17, 15) is 0 Å². The smallest absolute Gasteiger partial charge is 0.321 e. The molecule has 5 heteroatoms. The molecule has 0 bridgehead atoms. The van der Waals surface area contributed by atoms with E-state index < -0.39 is 0 Å². The molecule has 0 radical (unpaired) electrons. The Morgan fingerprint density at radius 2 is 2.08 bits per heavy atom. The van der Waals surface area contributed by atoms with E-state index in [4.69, 9.17) is 9.47 Å². The highest BCUT2D eigenvalue weighted by Gasteiger charge is 2.17. The average Bonchev–Trinajstić information content (AvgIpc) is 2.63. The second-order valence-electron chi connectivity index (χ2n) is 2.54. The zero-order valence-corrected chi connectivity index (χ0v) is 7.44. The van der Waals surface area contributed by atoms with Crippen LogP contribution in [0, 0.1) is 0 Å². The lowest BCUT2D eigenvalue weighted by Gasteiger charge is -2.05. The minimum Gasteiger partial charge on any atom is -0.481 e. The Kier molecular flexibility index (Phi) is 1.84. The van der Waals surface area contributed by atoms with Crippen LogP contribution < -0.4 is 9.47 Å². The molecular weight excluding hydrogens is 170 g/mol. The van der Waals surface area contributed by atoms with Crippen LogP contribution in [0.3, 0.4) is 0 Å². The van der Waals surface area contributed by atoms with Gasteiger partial charge in [-0.05, 0) is 0 Å². The number of fused-ring (bicyclic) bond motifs is 1. The molecule has 0 amide bonds. The number of aliphatic imine (C=N–C) groups is 1. The molecule has 1 aliphatic rings. The van der Waals surface area contributed by atoms with Gasteiger partial charge >= 0.3 is 6.01 Å². The first-order valence-corrected chi connectivity index (χ1v) is 3.86. The molecule has 2 heterocycles. The van der Waals surface area contributed by atoms with Crippen molar-refractivity contribution >= 4 is 12.0 Å². The van der Waals surface area contributed by atoms with E-state index in [-0.39, 0.29) is 6.01 Å². The molecule has 1 aromatic rings. The SMILES string of the molecule is COc1nc2c(c(OC)n1)CC=N2. The summed E-state index contributed by atoms with van der Waals surface area (Å²) in [5, 5.41) is 0. The van der Waals surface area contributed by atoms with Crippen LogP contribution in [0.5, 0.6) is 11.9 Å². The van der Waals surface area contributed by atoms with Crippen LogP contribution in [0.1, 0.15) is 5.56 Å². The maximum Gasteiger partial charge on any atom is 0.321 e. The van der Waals surface area contributed by atoms with Crippen LogP contribution in [0.2, 0.25) is 0 Å². The quantitative estimate of drug-likeness (QED) is 0.672. The number of ether oxygens (including phenoxy) is 2. The Labute approximate surface area is 75.4 Å². The highest BCUT2D eigenvalue weighted by atomic mass is 16.5. The van der Waals surface area contributed by atoms with E-state index in [1.165, 1.54) is 7.11 Å². The van der Waals surface area contributed by atoms with E-state index in [2.05, 4.69) is 15.0 Å². The van der Waals surface area contributed by atoms with Crippen molar-refractivity contribution in [1.29, 1.82) is 0 Å². The summed E-state index contributed by atoms with van der Waals surface area (Å²) in [4.78, 5) is 12.2. The first-order valence-electron chi connectivity index (χ1n) is 3.86. The minimum absolute atomic E-state index is 0.287. The highest BCUT2D eigenvalue weighted by Crippen LogP contribution is 2.30. The van der Waals surface area contributed by atoms with Gasteiger partial charge in [0.1, 0.15) is 0 Å². The van der Waals surface area contributed by atoms with Gasteiger partial charge in [-0.3, -0.25) is 0 Å². The molecule has 0 N–H and O–H groups in total. The largest absolute Gasteiger partial charge is 0.481 e. The predicted molar refractivity (Wildman–Crippen MR) is 47.0 cm³/mol. The molecule has 68 valence electrons. The number of hydrogen-bond acceptors (Lipinski definition) is 5. The topological polar surface area (TPSA) is 56.6 Å². The molecule has 0 aromatic carbocycles. The zero-order valence-electron chi connectivity index (χ0n) is 7.44. The summed E-state index contributed by atoms with van der Waals surface area (Å²) in [6, 6.07) is 0.287. The molecule has 2 rings (SSSR count). The second kappa shape index (κ2) is 3.01. The first kappa shape index (κ1) is 7.97. The van der Waals surface area contributed by atoms with Crippen LogP contribution in [-0.2, 0) is 6.42 Å². The molecule has 0 unspecified atom stereocenters. The van der Waals surface area contributed by atoms with Crippen molar-refractivity contribution in [2.45, 2.75) is 6.42 Å². The third-order valence-corrected chi connectivity index (χ3v) is 1.81. The van der Waals surface area contributed by atoms with Crippen molar-refractivity contribution in [3.05, 3.63) is 5.56 Å². The molecule has 0 fully saturated rings. The maximum absolute atomic E-state index is 5.09. The van der Waals surface area contributed by atoms with Gasteiger partial charge in [-0.2, -0.15) is 9.97 Å². The first-order chi connectivity index (χ1) is 6.35. The molecule has 13 heavy (non-hydrogen) atoms. The van der Waals surface area contributed by atoms with Crippen molar-refractivity contribution < 1.29 is 9.47 Å². The highest BCUT2D eigenvalue weighted by molar-refractivity contribution is 5.75. The van der Waals surface area contributed by atoms with E-state index in [0.29, 0.717) is 11.7 Å². The van der Waals surface area contributed by atoms with Crippen molar-refractivity contribution in [2.75, 3.05) is 14.2 Å². The second-order valence-corrected chi connectivity index (χ2v) is 2.54. The van der Waals surface area contributed by atoms with Gasteiger partial charge in [0.05, 0.1) is 19.8 Å². The molecule has 0 aliphatic carbocycles. The Morgan fingerprint density at radius 1 is 1.23 bits per heavy atom. The third kappa shape index (κ3) is 1.22. The van der Waals surface area contributed by atoms with Gasteiger partial charge in [0.25, 0.3) is 0 Å². The standard InChI is InChI=1S/C8H9N3O2/c1-12-7-5-3-4-9-6(5)10-8(11-7)13-2/h4H,3H2,1-2H3. The molecule has 0 atom stereocenters. The van der Waals surface area contributed by atoms with E-state index in [1.54, 1.807) is 13.3 Å². The van der Waals surface area contributed by atoms with E-state index in [0.717, 1.165) is 12.0 Å². The van der Waals surface area contributed by atoms with Gasteiger partial charge in [0, 0.05) is 12.6 Å². The summed E-state index contributed by atoms with van der Waals surface area (Å²) in [6.45, 7) is 0. The summed E-state index contributed by atoms with van der Waals surface area (Å²) < 4.78 is 9.99. The van der Waals surface area contributed by atoms with Crippen LogP contribution >= 0.6 is 0 Å². The molecule has 0 saturated heterocycles. The molecule has 1 aromatic heterocycles. The van der Waals surface area contributed by atoms with Crippen molar-refractivity contribution in [3.63, 3.8) is 0 Å². The van der Waals surface area contributed by atoms with Crippen LogP contribution in [0.25, 0.3) is 0 Å². The lowest BCUT2D eigenvalue weighted by atomic mass is 10.2. The lowest BCUT2D eigenvalue weighted by Crippen LogP contribution is -1.98. The molecule has 0 spiro atoms. The van der Waals surface area contributed by atoms with Crippen molar-refractivity contribution in [1.82, 2.24) is 9.97 Å². The van der Waals surface area contributed by atoms with Crippen LogP contribution in [0.4, 0.5) is 5.82 Å². The van der Waals surface area contributed by atoms with Crippen molar-refractivity contribution in [3.8, 4) is 11.9 Å². The van der Waals surface area contributed by atoms with E-state index >= 15 is 0 Å². The summed E-state index contributed by atoms with van der Waals surface area (Å²) in [7, 11) is 3.08.